The Hall–Kier alpha value is -0.350. The summed E-state index contributed by atoms with van der Waals surface area (Å²) >= 11 is 10.9. The molecule has 68 valence electrons. The van der Waals surface area contributed by atoms with Crippen LogP contribution in [0.5, 0.6) is 0 Å². The van der Waals surface area contributed by atoms with E-state index in [0.717, 1.165) is 6.08 Å². The van der Waals surface area contributed by atoms with E-state index in [9.17, 15) is 8.78 Å². The summed E-state index contributed by atoms with van der Waals surface area (Å²) in [6.07, 6.45) is -1.49. The van der Waals surface area contributed by atoms with E-state index in [-0.39, 0.29) is 10.5 Å². The van der Waals surface area contributed by atoms with Crippen LogP contribution < -0.4 is 5.32 Å². The largest absolute Gasteiger partial charge is 0.321 e. The summed E-state index contributed by atoms with van der Waals surface area (Å²) in [5.74, 6) is 0. The summed E-state index contributed by atoms with van der Waals surface area (Å²) in [5, 5.41) is 2.35. The van der Waals surface area contributed by atoms with E-state index in [0.29, 0.717) is 0 Å². The smallest absolute Gasteiger partial charge is 0.266 e. The molecule has 1 atom stereocenters. The number of nitrogens with one attached hydrogen (secondary N) is 1. The highest BCUT2D eigenvalue weighted by Gasteiger charge is 2.35. The van der Waals surface area contributed by atoms with E-state index in [1.807, 2.05) is 0 Å². The Morgan fingerprint density at radius 3 is 2.58 bits per heavy atom. The number of nitrogens with zero attached hydrogens (tertiary/aromatic N) is 1. The fourth-order valence-electron chi connectivity index (χ4n) is 0.775. The van der Waals surface area contributed by atoms with Crippen molar-refractivity contribution in [3.63, 3.8) is 0 Å². The second-order valence-electron chi connectivity index (χ2n) is 2.55. The van der Waals surface area contributed by atoms with Crippen molar-refractivity contribution in [2.45, 2.75) is 18.9 Å². The third-order valence-electron chi connectivity index (χ3n) is 1.42. The molecule has 0 spiro atoms. The molecule has 1 aliphatic heterocycles. The molecule has 0 aromatic carbocycles. The highest BCUT2D eigenvalue weighted by molar-refractivity contribution is 6.65. The molecule has 1 unspecified atom stereocenters. The van der Waals surface area contributed by atoms with Gasteiger partial charge in [-0.15, -0.1) is 0 Å². The average molecular weight is 215 g/mol. The van der Waals surface area contributed by atoms with Crippen molar-refractivity contribution in [3.8, 4) is 0 Å². The normalized spacial score (nSPS) is 29.5. The SMILES string of the molecule is CC1(C(F)F)C=C(Cl)NC(Cl)=N1. The second-order valence-corrected chi connectivity index (χ2v) is 3.31. The van der Waals surface area contributed by atoms with Crippen LogP contribution in [0.3, 0.4) is 0 Å². The van der Waals surface area contributed by atoms with Crippen molar-refractivity contribution in [2.75, 3.05) is 0 Å². The number of hydrogen-bond acceptors (Lipinski definition) is 2. The van der Waals surface area contributed by atoms with Gasteiger partial charge in [0.15, 0.2) is 5.29 Å². The standard InChI is InChI=1S/C6H6Cl2F2N2/c1-6(4(9)10)2-3(7)11-5(8)12-6/h2,4H,1H3,(H,11,12). The Morgan fingerprint density at radius 1 is 1.58 bits per heavy atom. The monoisotopic (exact) mass is 214 g/mol. The maximum absolute atomic E-state index is 12.4. The zero-order valence-corrected chi connectivity index (χ0v) is 7.63. The molecule has 0 radical (unpaired) electrons. The lowest BCUT2D eigenvalue weighted by Crippen LogP contribution is -2.37. The highest BCUT2D eigenvalue weighted by atomic mass is 35.5. The number of rotatable bonds is 1. The van der Waals surface area contributed by atoms with Crippen molar-refractivity contribution in [1.82, 2.24) is 5.32 Å². The molecule has 1 heterocycles. The van der Waals surface area contributed by atoms with E-state index >= 15 is 0 Å². The third-order valence-corrected chi connectivity index (χ3v) is 1.80. The van der Waals surface area contributed by atoms with Crippen LogP contribution >= 0.6 is 23.2 Å². The van der Waals surface area contributed by atoms with Crippen LogP contribution in [0.4, 0.5) is 8.78 Å². The fraction of sp³-hybridized carbons (Fsp3) is 0.500. The van der Waals surface area contributed by atoms with Crippen LogP contribution in [0.25, 0.3) is 0 Å². The third kappa shape index (κ3) is 1.87. The van der Waals surface area contributed by atoms with Crippen LogP contribution in [0, 0.1) is 0 Å². The molecule has 1 N–H and O–H groups in total. The zero-order chi connectivity index (χ0) is 9.35. The summed E-state index contributed by atoms with van der Waals surface area (Å²) in [5.41, 5.74) is -1.61. The van der Waals surface area contributed by atoms with Gasteiger partial charge in [-0.3, -0.25) is 0 Å². The molecule has 0 aromatic heterocycles. The minimum Gasteiger partial charge on any atom is -0.321 e. The summed E-state index contributed by atoms with van der Waals surface area (Å²) in [4.78, 5) is 3.52. The molecule has 0 amide bonds. The van der Waals surface area contributed by atoms with Crippen molar-refractivity contribution in [2.24, 2.45) is 4.99 Å². The van der Waals surface area contributed by atoms with Crippen molar-refractivity contribution >= 4 is 28.5 Å². The first-order chi connectivity index (χ1) is 5.44. The van der Waals surface area contributed by atoms with E-state index in [2.05, 4.69) is 10.3 Å². The number of alkyl halides is 2. The number of amidine groups is 1. The van der Waals surface area contributed by atoms with Crippen molar-refractivity contribution in [1.29, 1.82) is 0 Å². The van der Waals surface area contributed by atoms with Gasteiger partial charge in [-0.25, -0.2) is 13.8 Å². The molecule has 1 aliphatic rings. The minimum absolute atomic E-state index is 0.0674. The molecule has 0 saturated heterocycles. The van der Waals surface area contributed by atoms with Gasteiger partial charge >= 0.3 is 0 Å². The van der Waals surface area contributed by atoms with E-state index in [4.69, 9.17) is 23.2 Å². The number of aliphatic imine (C=N–C) groups is 1. The van der Waals surface area contributed by atoms with Gasteiger partial charge in [0.05, 0.1) is 0 Å². The molecule has 0 fully saturated rings. The van der Waals surface area contributed by atoms with Gasteiger partial charge in [-0.1, -0.05) is 11.6 Å². The summed E-state index contributed by atoms with van der Waals surface area (Å²) < 4.78 is 24.7. The minimum atomic E-state index is -2.62. The van der Waals surface area contributed by atoms with Crippen LogP contribution in [0.15, 0.2) is 16.2 Å². The number of halogens is 4. The molecule has 0 saturated carbocycles. The van der Waals surface area contributed by atoms with Crippen LogP contribution in [0.1, 0.15) is 6.92 Å². The van der Waals surface area contributed by atoms with Gasteiger partial charge in [-0.2, -0.15) is 0 Å². The summed E-state index contributed by atoms with van der Waals surface area (Å²) in [7, 11) is 0. The molecule has 6 heteroatoms. The Balaban J connectivity index is 2.97. The molecule has 12 heavy (non-hydrogen) atoms. The summed E-state index contributed by atoms with van der Waals surface area (Å²) in [6, 6.07) is 0. The number of hydrogen-bond donors (Lipinski definition) is 1. The lowest BCUT2D eigenvalue weighted by Gasteiger charge is -2.24. The van der Waals surface area contributed by atoms with E-state index < -0.39 is 12.0 Å². The van der Waals surface area contributed by atoms with Gasteiger partial charge in [0, 0.05) is 0 Å². The first-order valence-corrected chi connectivity index (χ1v) is 3.88. The van der Waals surface area contributed by atoms with E-state index in [1.54, 1.807) is 0 Å². The Morgan fingerprint density at radius 2 is 2.17 bits per heavy atom. The molecule has 0 aromatic rings. The van der Waals surface area contributed by atoms with Crippen LogP contribution in [-0.2, 0) is 0 Å². The lowest BCUT2D eigenvalue weighted by atomic mass is 10.0. The van der Waals surface area contributed by atoms with Gasteiger partial charge in [0.1, 0.15) is 10.7 Å². The Kier molecular flexibility index (Phi) is 2.58. The summed E-state index contributed by atoms with van der Waals surface area (Å²) in [6.45, 7) is 1.25. The van der Waals surface area contributed by atoms with Gasteiger partial charge in [0.25, 0.3) is 6.43 Å². The second kappa shape index (κ2) is 3.18. The van der Waals surface area contributed by atoms with Crippen LogP contribution in [0.2, 0.25) is 0 Å². The van der Waals surface area contributed by atoms with Gasteiger partial charge in [0.2, 0.25) is 0 Å². The first kappa shape index (κ1) is 9.74. The predicted octanol–water partition coefficient (Wildman–Crippen LogP) is 2.29. The van der Waals surface area contributed by atoms with Crippen LogP contribution in [-0.4, -0.2) is 17.3 Å². The lowest BCUT2D eigenvalue weighted by molar-refractivity contribution is 0.0888. The first-order valence-electron chi connectivity index (χ1n) is 3.13. The van der Waals surface area contributed by atoms with Gasteiger partial charge < -0.3 is 5.32 Å². The van der Waals surface area contributed by atoms with Gasteiger partial charge in [-0.05, 0) is 24.6 Å². The zero-order valence-electron chi connectivity index (χ0n) is 6.11. The van der Waals surface area contributed by atoms with Crippen molar-refractivity contribution < 1.29 is 8.78 Å². The Labute approximate surface area is 78.3 Å². The molecular weight excluding hydrogens is 209 g/mol. The molecular formula is C6H6Cl2F2N2. The molecule has 0 aliphatic carbocycles. The predicted molar refractivity (Wildman–Crippen MR) is 44.8 cm³/mol. The topological polar surface area (TPSA) is 24.4 Å². The van der Waals surface area contributed by atoms with E-state index in [1.165, 1.54) is 6.92 Å². The Bertz CT molecular complexity index is 232. The quantitative estimate of drug-likeness (QED) is 0.666. The average Bonchev–Trinajstić information content (AvgIpc) is 1.82. The molecule has 0 bridgehead atoms. The fourth-order valence-corrected chi connectivity index (χ4v) is 1.42. The molecule has 2 nitrogen and oxygen atoms in total. The maximum atomic E-state index is 12.4. The highest BCUT2D eigenvalue weighted by Crippen LogP contribution is 2.27. The molecule has 1 rings (SSSR count). The van der Waals surface area contributed by atoms with Crippen molar-refractivity contribution in [3.05, 3.63) is 11.2 Å². The maximum Gasteiger partial charge on any atom is 0.266 e.